The van der Waals surface area contributed by atoms with Crippen molar-refractivity contribution >= 4 is 29.7 Å². The van der Waals surface area contributed by atoms with E-state index < -0.39 is 0 Å². The lowest BCUT2D eigenvalue weighted by Gasteiger charge is -2.33. The van der Waals surface area contributed by atoms with E-state index in [4.69, 9.17) is 0 Å². The average Bonchev–Trinajstić information content (AvgIpc) is 3.85. The zero-order valence-electron chi connectivity index (χ0n) is 24.1. The Morgan fingerprint density at radius 3 is 2.09 bits per heavy atom. The number of aromatic nitrogens is 2. The van der Waals surface area contributed by atoms with Crippen molar-refractivity contribution in [1.29, 1.82) is 0 Å². The van der Waals surface area contributed by atoms with Crippen molar-refractivity contribution < 1.29 is 9.18 Å². The van der Waals surface area contributed by atoms with Crippen LogP contribution in [-0.2, 0) is 4.79 Å². The first kappa shape index (κ1) is 29.4. The molecule has 224 valence electrons. The number of rotatable bonds is 7. The highest BCUT2D eigenvalue weighted by Gasteiger charge is 2.35. The molecular formula is C34H38ClFN6O. The molecule has 43 heavy (non-hydrogen) atoms. The van der Waals surface area contributed by atoms with Gasteiger partial charge < -0.3 is 25.8 Å². The Hall–Kier alpha value is -3.72. The van der Waals surface area contributed by atoms with Crippen molar-refractivity contribution in [2.45, 2.75) is 62.7 Å². The molecule has 3 aliphatic rings. The summed E-state index contributed by atoms with van der Waals surface area (Å²) in [6, 6.07) is 24.3. The quantitative estimate of drug-likeness (QED) is 0.187. The number of H-pyrrole nitrogens is 1. The topological polar surface area (TPSA) is 85.1 Å². The Bertz CT molecular complexity index is 1510. The Morgan fingerprint density at radius 2 is 1.47 bits per heavy atom. The second kappa shape index (κ2) is 12.9. The number of benzene rings is 3. The third-order valence-corrected chi connectivity index (χ3v) is 9.04. The average molecular weight is 601 g/mol. The molecule has 4 aromatic rings. The number of hydrogen-bond donors (Lipinski definition) is 4. The minimum atomic E-state index is -0.237. The molecule has 9 heteroatoms. The molecule has 3 aromatic carbocycles. The number of nitrogens with zero attached hydrogens (tertiary/aromatic N) is 2. The lowest BCUT2D eigenvalue weighted by molar-refractivity contribution is -0.117. The van der Waals surface area contributed by atoms with E-state index in [1.807, 2.05) is 30.5 Å². The highest BCUT2D eigenvalue weighted by molar-refractivity contribution is 5.95. The van der Waals surface area contributed by atoms with Crippen LogP contribution in [0.2, 0.25) is 0 Å². The molecule has 2 unspecified atom stereocenters. The van der Waals surface area contributed by atoms with Gasteiger partial charge in [-0.05, 0) is 105 Å². The van der Waals surface area contributed by atoms with Crippen molar-refractivity contribution in [3.05, 3.63) is 102 Å². The van der Waals surface area contributed by atoms with Gasteiger partial charge in [-0.3, -0.25) is 4.79 Å². The highest BCUT2D eigenvalue weighted by Crippen LogP contribution is 2.47. The molecule has 4 heterocycles. The number of imidazole rings is 1. The summed E-state index contributed by atoms with van der Waals surface area (Å²) in [5, 5.41) is 9.81. The van der Waals surface area contributed by atoms with E-state index in [-0.39, 0.29) is 42.3 Å². The van der Waals surface area contributed by atoms with Gasteiger partial charge in [0, 0.05) is 11.4 Å². The molecule has 7 rings (SSSR count). The predicted molar refractivity (Wildman–Crippen MR) is 171 cm³/mol. The number of nitrogens with one attached hydrogen (secondary N) is 4. The summed E-state index contributed by atoms with van der Waals surface area (Å²) in [4.78, 5) is 23.1. The van der Waals surface area contributed by atoms with E-state index in [1.54, 1.807) is 0 Å². The Morgan fingerprint density at radius 1 is 0.814 bits per heavy atom. The molecule has 1 amide bonds. The molecule has 0 aliphatic carbocycles. The fourth-order valence-corrected chi connectivity index (χ4v) is 6.83. The molecule has 0 bridgehead atoms. The van der Waals surface area contributed by atoms with Crippen molar-refractivity contribution in [1.82, 2.24) is 20.6 Å². The Balaban J connectivity index is 0.00000329. The van der Waals surface area contributed by atoms with Crippen molar-refractivity contribution in [2.75, 3.05) is 23.3 Å². The smallest absolute Gasteiger partial charge is 0.241 e. The van der Waals surface area contributed by atoms with E-state index in [1.165, 1.54) is 29.7 Å². The lowest BCUT2D eigenvalue weighted by Crippen LogP contribution is -2.35. The summed E-state index contributed by atoms with van der Waals surface area (Å²) >= 11 is 0. The standard InChI is InChI=1S/C34H37FN6O.ClH/c35-25-11-15-27(16-12-25)41-31(23-7-5-22(6-8-23)30-21-38-33(40-30)28-3-1-19-36-28)17-18-32(41)24-9-13-26(14-10-24)39-34(42)29-4-2-20-37-29;/h5-16,21,28-29,31-32,36-37H,1-4,17-20H2,(H,38,40)(H,39,42);1H/t28-,29-,31?,32?;/m0./s1. The van der Waals surface area contributed by atoms with Gasteiger partial charge in [0.1, 0.15) is 11.6 Å². The number of carbonyl (C=O) groups is 1. The minimum absolute atomic E-state index is 0. The Kier molecular flexibility index (Phi) is 8.79. The third kappa shape index (κ3) is 6.18. The summed E-state index contributed by atoms with van der Waals surface area (Å²) in [6.07, 6.45) is 8.09. The van der Waals surface area contributed by atoms with Crippen LogP contribution in [0, 0.1) is 5.82 Å². The van der Waals surface area contributed by atoms with Crippen molar-refractivity contribution in [2.24, 2.45) is 0 Å². The maximum atomic E-state index is 13.9. The maximum absolute atomic E-state index is 13.9. The van der Waals surface area contributed by atoms with Gasteiger partial charge in [0.05, 0.1) is 36.1 Å². The molecule has 0 spiro atoms. The van der Waals surface area contributed by atoms with E-state index in [9.17, 15) is 9.18 Å². The van der Waals surface area contributed by atoms with E-state index in [0.29, 0.717) is 6.04 Å². The molecule has 3 fully saturated rings. The van der Waals surface area contributed by atoms with Gasteiger partial charge in [0.2, 0.25) is 5.91 Å². The highest BCUT2D eigenvalue weighted by atomic mass is 35.5. The van der Waals surface area contributed by atoms with Crippen LogP contribution in [0.1, 0.15) is 73.6 Å². The van der Waals surface area contributed by atoms with Gasteiger partial charge in [-0.2, -0.15) is 0 Å². The summed E-state index contributed by atoms with van der Waals surface area (Å²) < 4.78 is 13.9. The zero-order chi connectivity index (χ0) is 28.5. The molecule has 3 saturated heterocycles. The van der Waals surface area contributed by atoms with Crippen LogP contribution >= 0.6 is 12.4 Å². The van der Waals surface area contributed by atoms with Crippen molar-refractivity contribution in [3.8, 4) is 11.3 Å². The molecule has 0 radical (unpaired) electrons. The fourth-order valence-electron chi connectivity index (χ4n) is 6.83. The maximum Gasteiger partial charge on any atom is 0.241 e. The normalized spacial score (nSPS) is 23.3. The van der Waals surface area contributed by atoms with Gasteiger partial charge in [-0.25, -0.2) is 9.37 Å². The second-order valence-corrected chi connectivity index (χ2v) is 11.7. The van der Waals surface area contributed by atoms with E-state index >= 15 is 0 Å². The lowest BCUT2D eigenvalue weighted by atomic mass is 10.0. The zero-order valence-corrected chi connectivity index (χ0v) is 24.9. The van der Waals surface area contributed by atoms with Crippen LogP contribution in [0.3, 0.4) is 0 Å². The largest absolute Gasteiger partial charge is 0.357 e. The monoisotopic (exact) mass is 600 g/mol. The molecule has 3 aliphatic heterocycles. The van der Waals surface area contributed by atoms with Crippen LogP contribution in [0.5, 0.6) is 0 Å². The Labute approximate surface area is 258 Å². The number of halogens is 2. The van der Waals surface area contributed by atoms with E-state index in [2.05, 4.69) is 67.2 Å². The van der Waals surface area contributed by atoms with Crippen molar-refractivity contribution in [3.63, 3.8) is 0 Å². The third-order valence-electron chi connectivity index (χ3n) is 9.04. The summed E-state index contributed by atoms with van der Waals surface area (Å²) in [6.45, 7) is 1.94. The molecule has 4 N–H and O–H groups in total. The number of amides is 1. The van der Waals surface area contributed by atoms with Crippen LogP contribution in [-0.4, -0.2) is 35.0 Å². The molecule has 7 nitrogen and oxygen atoms in total. The number of anilines is 2. The molecular weight excluding hydrogens is 563 g/mol. The summed E-state index contributed by atoms with van der Waals surface area (Å²) in [7, 11) is 0. The van der Waals surface area contributed by atoms with Gasteiger partial charge in [-0.1, -0.05) is 36.4 Å². The number of carbonyl (C=O) groups excluding carboxylic acids is 1. The van der Waals surface area contributed by atoms with Crippen LogP contribution in [0.4, 0.5) is 15.8 Å². The van der Waals surface area contributed by atoms with E-state index in [0.717, 1.165) is 73.7 Å². The first-order valence-corrected chi connectivity index (χ1v) is 15.2. The number of hydrogen-bond acceptors (Lipinski definition) is 5. The van der Waals surface area contributed by atoms with Gasteiger partial charge in [0.25, 0.3) is 0 Å². The second-order valence-electron chi connectivity index (χ2n) is 11.7. The fraction of sp³-hybridized carbons (Fsp3) is 0.353. The molecule has 4 atom stereocenters. The van der Waals surface area contributed by atoms with Gasteiger partial charge >= 0.3 is 0 Å². The van der Waals surface area contributed by atoms with Crippen LogP contribution in [0.15, 0.2) is 79.0 Å². The minimum Gasteiger partial charge on any atom is -0.357 e. The van der Waals surface area contributed by atoms with Crippen LogP contribution < -0.4 is 20.9 Å². The first-order chi connectivity index (χ1) is 20.6. The van der Waals surface area contributed by atoms with Gasteiger partial charge in [-0.15, -0.1) is 12.4 Å². The molecule has 0 saturated carbocycles. The summed E-state index contributed by atoms with van der Waals surface area (Å²) in [5.74, 6) is 0.798. The van der Waals surface area contributed by atoms with Gasteiger partial charge in [0.15, 0.2) is 0 Å². The summed E-state index contributed by atoms with van der Waals surface area (Å²) in [5.41, 5.74) is 6.36. The van der Waals surface area contributed by atoms with Crippen LogP contribution in [0.25, 0.3) is 11.3 Å². The molecule has 1 aromatic heterocycles. The first-order valence-electron chi connectivity index (χ1n) is 15.2. The number of aromatic amines is 1. The SMILES string of the molecule is Cl.O=C(Nc1ccc(C2CCC(c3ccc(-c4cnc([C@@H]5CCCN5)[nH]4)cc3)N2c2ccc(F)cc2)cc1)[C@@H]1CCCN1. The predicted octanol–water partition coefficient (Wildman–Crippen LogP) is 6.84.